The van der Waals surface area contributed by atoms with E-state index in [0.29, 0.717) is 25.7 Å². The molecule has 0 radical (unpaired) electrons. The lowest BCUT2D eigenvalue weighted by atomic mass is 9.83. The van der Waals surface area contributed by atoms with Crippen LogP contribution in [-0.2, 0) is 16.1 Å². The third-order valence-corrected chi connectivity index (χ3v) is 4.73. The van der Waals surface area contributed by atoms with Gasteiger partial charge in [-0.2, -0.15) is 0 Å². The van der Waals surface area contributed by atoms with Crippen molar-refractivity contribution in [2.75, 3.05) is 19.8 Å². The number of nitrogens with zero attached hydrogens (tertiary/aromatic N) is 4. The highest BCUT2D eigenvalue weighted by Crippen LogP contribution is 2.34. The third-order valence-electron chi connectivity index (χ3n) is 4.73. The van der Waals surface area contributed by atoms with Crippen LogP contribution >= 0.6 is 0 Å². The highest BCUT2D eigenvalue weighted by molar-refractivity contribution is 5.69. The van der Waals surface area contributed by atoms with Gasteiger partial charge in [-0.15, -0.1) is 0 Å². The first-order chi connectivity index (χ1) is 11.8. The van der Waals surface area contributed by atoms with Gasteiger partial charge < -0.3 is 9.47 Å². The Morgan fingerprint density at radius 2 is 2.00 bits per heavy atom. The molecule has 1 amide bonds. The van der Waals surface area contributed by atoms with Crippen molar-refractivity contribution in [3.05, 3.63) is 46.3 Å². The molecular weight excluding hydrogens is 308 g/mol. The van der Waals surface area contributed by atoms with E-state index in [4.69, 9.17) is 15.0 Å². The zero-order chi connectivity index (χ0) is 16.8. The predicted molar refractivity (Wildman–Crippen MR) is 88.2 cm³/mol. The Morgan fingerprint density at radius 1 is 1.29 bits per heavy atom. The van der Waals surface area contributed by atoms with E-state index < -0.39 is 0 Å². The number of hydrogen-bond acceptors (Lipinski definition) is 4. The highest BCUT2D eigenvalue weighted by Gasteiger charge is 2.42. The molecule has 0 saturated carbocycles. The van der Waals surface area contributed by atoms with Gasteiger partial charge in [0.1, 0.15) is 6.61 Å². The molecule has 2 saturated heterocycles. The van der Waals surface area contributed by atoms with Gasteiger partial charge in [-0.3, -0.25) is 4.90 Å². The molecule has 2 atom stereocenters. The number of piperidine rings is 1. The summed E-state index contributed by atoms with van der Waals surface area (Å²) in [5, 5.41) is 3.62. The summed E-state index contributed by atoms with van der Waals surface area (Å²) in [4.78, 5) is 17.2. The van der Waals surface area contributed by atoms with Crippen LogP contribution in [0.3, 0.4) is 0 Å². The Labute approximate surface area is 141 Å². The molecule has 128 valence electrons. The maximum absolute atomic E-state index is 12.5. The van der Waals surface area contributed by atoms with Gasteiger partial charge in [-0.05, 0) is 36.3 Å². The second-order valence-electron chi connectivity index (χ2n) is 6.37. The molecule has 0 aliphatic carbocycles. The van der Waals surface area contributed by atoms with E-state index in [0.717, 1.165) is 24.8 Å². The Kier molecular flexibility index (Phi) is 5.56. The molecule has 0 spiro atoms. The van der Waals surface area contributed by atoms with E-state index in [-0.39, 0.29) is 24.8 Å². The van der Waals surface area contributed by atoms with Gasteiger partial charge >= 0.3 is 6.09 Å². The minimum atomic E-state index is -0.259. The highest BCUT2D eigenvalue weighted by atomic mass is 16.6. The minimum absolute atomic E-state index is 0.0526. The molecule has 2 bridgehead atoms. The summed E-state index contributed by atoms with van der Waals surface area (Å²) < 4.78 is 11.1. The first-order valence-electron chi connectivity index (χ1n) is 8.35. The largest absolute Gasteiger partial charge is 0.445 e. The van der Waals surface area contributed by atoms with Gasteiger partial charge in [0, 0.05) is 11.5 Å². The molecule has 2 fully saturated rings. The summed E-state index contributed by atoms with van der Waals surface area (Å²) in [5.41, 5.74) is 9.38. The van der Waals surface area contributed by atoms with Crippen LogP contribution in [0.5, 0.6) is 0 Å². The molecule has 0 aromatic heterocycles. The van der Waals surface area contributed by atoms with Crippen molar-refractivity contribution in [3.63, 3.8) is 0 Å². The van der Waals surface area contributed by atoms with Crippen LogP contribution in [0, 0.1) is 5.92 Å². The van der Waals surface area contributed by atoms with Gasteiger partial charge in [0.15, 0.2) is 0 Å². The number of rotatable bonds is 5. The second kappa shape index (κ2) is 8.04. The van der Waals surface area contributed by atoms with Crippen LogP contribution in [0.1, 0.15) is 24.8 Å². The average Bonchev–Trinajstić information content (AvgIpc) is 2.60. The van der Waals surface area contributed by atoms with Gasteiger partial charge in [0.05, 0.1) is 25.3 Å². The van der Waals surface area contributed by atoms with Crippen molar-refractivity contribution in [3.8, 4) is 0 Å². The molecule has 24 heavy (non-hydrogen) atoms. The summed E-state index contributed by atoms with van der Waals surface area (Å²) in [6, 6.07) is 9.79. The van der Waals surface area contributed by atoms with Crippen LogP contribution in [0.4, 0.5) is 4.79 Å². The molecule has 1 aromatic carbocycles. The molecule has 7 nitrogen and oxygen atoms in total. The van der Waals surface area contributed by atoms with Crippen molar-refractivity contribution >= 4 is 6.09 Å². The molecule has 2 aliphatic rings. The number of fused-ring (bicyclic) bond motifs is 2. The van der Waals surface area contributed by atoms with E-state index in [2.05, 4.69) is 10.0 Å². The fourth-order valence-corrected chi connectivity index (χ4v) is 3.64. The molecule has 7 heteroatoms. The first kappa shape index (κ1) is 16.6. The zero-order valence-corrected chi connectivity index (χ0v) is 13.6. The van der Waals surface area contributed by atoms with Crippen molar-refractivity contribution in [1.29, 1.82) is 0 Å². The smallest absolute Gasteiger partial charge is 0.410 e. The molecule has 2 unspecified atom stereocenters. The minimum Gasteiger partial charge on any atom is -0.445 e. The van der Waals surface area contributed by atoms with Gasteiger partial charge in [-0.1, -0.05) is 35.4 Å². The normalized spacial score (nSPS) is 25.7. The van der Waals surface area contributed by atoms with Gasteiger partial charge in [-0.25, -0.2) is 4.79 Å². The Hall–Kier alpha value is -2.24. The Morgan fingerprint density at radius 3 is 2.67 bits per heavy atom. The molecule has 2 heterocycles. The third kappa shape index (κ3) is 3.99. The van der Waals surface area contributed by atoms with Gasteiger partial charge in [0.2, 0.25) is 0 Å². The van der Waals surface area contributed by atoms with E-state index in [1.54, 1.807) is 0 Å². The number of morpholine rings is 1. The first-order valence-corrected chi connectivity index (χ1v) is 8.35. The van der Waals surface area contributed by atoms with Crippen LogP contribution in [0.15, 0.2) is 35.4 Å². The SMILES string of the molecule is [N-]=[N+]=NCCC1CC2COCC(C1)N2C(=O)OCc1ccccc1. The maximum Gasteiger partial charge on any atom is 0.410 e. The van der Waals surface area contributed by atoms with E-state index in [9.17, 15) is 4.79 Å². The zero-order valence-electron chi connectivity index (χ0n) is 13.6. The standard InChI is InChI=1S/C17H22N4O3/c18-20-19-7-6-14-8-15-11-23-12-16(9-14)21(15)17(22)24-10-13-4-2-1-3-5-13/h1-5,14-16H,6-12H2. The summed E-state index contributed by atoms with van der Waals surface area (Å²) in [5.74, 6) is 0.465. The summed E-state index contributed by atoms with van der Waals surface area (Å²) in [7, 11) is 0. The summed E-state index contributed by atoms with van der Waals surface area (Å²) >= 11 is 0. The quantitative estimate of drug-likeness (QED) is 0.470. The number of ether oxygens (including phenoxy) is 2. The maximum atomic E-state index is 12.5. The fourth-order valence-electron chi connectivity index (χ4n) is 3.64. The lowest BCUT2D eigenvalue weighted by Gasteiger charge is -2.47. The van der Waals surface area contributed by atoms with Crippen LogP contribution in [0.25, 0.3) is 10.4 Å². The predicted octanol–water partition coefficient (Wildman–Crippen LogP) is 3.50. The topological polar surface area (TPSA) is 87.5 Å². The molecule has 3 rings (SSSR count). The van der Waals surface area contributed by atoms with Gasteiger partial charge in [0.25, 0.3) is 0 Å². The monoisotopic (exact) mass is 330 g/mol. The summed E-state index contributed by atoms with van der Waals surface area (Å²) in [6.07, 6.45) is 2.35. The Bertz CT molecular complexity index is 589. The number of carbonyl (C=O) groups excluding carboxylic acids is 1. The molecular formula is C17H22N4O3. The fraction of sp³-hybridized carbons (Fsp3) is 0.588. The number of carbonyl (C=O) groups is 1. The number of azide groups is 1. The molecule has 1 aromatic rings. The van der Waals surface area contributed by atoms with Crippen molar-refractivity contribution in [1.82, 2.24) is 4.90 Å². The van der Waals surface area contributed by atoms with Crippen molar-refractivity contribution in [2.45, 2.75) is 38.0 Å². The van der Waals surface area contributed by atoms with E-state index in [1.165, 1.54) is 0 Å². The van der Waals surface area contributed by atoms with Crippen LogP contribution in [-0.4, -0.2) is 42.8 Å². The van der Waals surface area contributed by atoms with Crippen molar-refractivity contribution < 1.29 is 14.3 Å². The second-order valence-corrected chi connectivity index (χ2v) is 6.37. The van der Waals surface area contributed by atoms with E-state index >= 15 is 0 Å². The Balaban J connectivity index is 1.57. The average molecular weight is 330 g/mol. The van der Waals surface area contributed by atoms with Crippen molar-refractivity contribution in [2.24, 2.45) is 11.0 Å². The van der Waals surface area contributed by atoms with Crippen LogP contribution < -0.4 is 0 Å². The molecule has 0 N–H and O–H groups in total. The van der Waals surface area contributed by atoms with Crippen LogP contribution in [0.2, 0.25) is 0 Å². The molecule has 2 aliphatic heterocycles. The number of benzene rings is 1. The number of hydrogen-bond donors (Lipinski definition) is 0. The van der Waals surface area contributed by atoms with E-state index in [1.807, 2.05) is 35.2 Å². The summed E-state index contributed by atoms with van der Waals surface area (Å²) in [6.45, 7) is 1.90. The lowest BCUT2D eigenvalue weighted by molar-refractivity contribution is -0.0799. The lowest BCUT2D eigenvalue weighted by Crippen LogP contribution is -2.59. The number of amides is 1.